The predicted molar refractivity (Wildman–Crippen MR) is 82.0 cm³/mol. The van der Waals surface area contributed by atoms with Crippen LogP contribution in [0.3, 0.4) is 0 Å². The molecule has 2 aliphatic carbocycles. The van der Waals surface area contributed by atoms with Gasteiger partial charge in [-0.25, -0.2) is 0 Å². The topological polar surface area (TPSA) is 59.6 Å². The molecule has 3 atom stereocenters. The van der Waals surface area contributed by atoms with Crippen LogP contribution in [0.4, 0.5) is 5.69 Å². The maximum absolute atomic E-state index is 5.97. The molecule has 0 heterocycles. The average molecular weight is 273 g/mol. The van der Waals surface area contributed by atoms with E-state index < -0.39 is 0 Å². The zero-order valence-corrected chi connectivity index (χ0v) is 12.0. The van der Waals surface area contributed by atoms with Crippen LogP contribution in [0.25, 0.3) is 0 Å². The number of hydrogen-bond acceptors (Lipinski definition) is 2. The number of anilines is 1. The number of nitrogens with zero attached hydrogens (tertiary/aromatic N) is 1. The number of aliphatic imine (C=N–C) groups is 1. The van der Waals surface area contributed by atoms with Crippen molar-refractivity contribution in [3.8, 4) is 5.75 Å². The van der Waals surface area contributed by atoms with Crippen LogP contribution in [0.15, 0.2) is 29.3 Å². The van der Waals surface area contributed by atoms with Crippen molar-refractivity contribution in [2.75, 3.05) is 19.0 Å². The molecule has 2 bridgehead atoms. The Hall–Kier alpha value is -1.71. The first-order valence-corrected chi connectivity index (χ1v) is 7.45. The highest BCUT2D eigenvalue weighted by Gasteiger charge is 2.39. The van der Waals surface area contributed by atoms with E-state index in [1.165, 1.54) is 25.7 Å². The molecule has 1 aromatic carbocycles. The fourth-order valence-electron chi connectivity index (χ4n) is 3.70. The molecule has 0 radical (unpaired) electrons. The van der Waals surface area contributed by atoms with Gasteiger partial charge in [-0.1, -0.05) is 12.5 Å². The van der Waals surface area contributed by atoms with Gasteiger partial charge in [0.15, 0.2) is 5.96 Å². The molecule has 3 rings (SSSR count). The zero-order valence-electron chi connectivity index (χ0n) is 12.0. The van der Waals surface area contributed by atoms with Crippen molar-refractivity contribution in [2.45, 2.75) is 25.7 Å². The lowest BCUT2D eigenvalue weighted by Gasteiger charge is -2.19. The standard InChI is InChI=1S/C16H23N3O/c1-20-15-4-2-3-14(9-15)19-16(17)18-10-13-8-11-5-6-12(13)7-11/h2-4,9,11-13H,5-8,10H2,1H3,(H3,17,18,19). The van der Waals surface area contributed by atoms with Crippen LogP contribution in [-0.4, -0.2) is 19.6 Å². The SMILES string of the molecule is COc1cccc(NC(N)=NCC2CC3CCC2C3)c1. The average Bonchev–Trinajstić information content (AvgIpc) is 3.08. The van der Waals surface area contributed by atoms with Gasteiger partial charge in [0.1, 0.15) is 5.75 Å². The maximum atomic E-state index is 5.97. The van der Waals surface area contributed by atoms with Gasteiger partial charge < -0.3 is 15.8 Å². The minimum Gasteiger partial charge on any atom is -0.497 e. The van der Waals surface area contributed by atoms with Gasteiger partial charge in [-0.2, -0.15) is 0 Å². The lowest BCUT2D eigenvalue weighted by molar-refractivity contribution is 0.342. The molecule has 20 heavy (non-hydrogen) atoms. The molecule has 0 aromatic heterocycles. The normalized spacial score (nSPS) is 28.6. The maximum Gasteiger partial charge on any atom is 0.193 e. The van der Waals surface area contributed by atoms with Crippen LogP contribution in [0.5, 0.6) is 5.75 Å². The Kier molecular flexibility index (Phi) is 3.81. The first kappa shape index (κ1) is 13.3. The summed E-state index contributed by atoms with van der Waals surface area (Å²) in [6.45, 7) is 0.865. The molecule has 0 spiro atoms. The van der Waals surface area contributed by atoms with Crippen molar-refractivity contribution >= 4 is 11.6 Å². The van der Waals surface area contributed by atoms with Crippen LogP contribution in [0.2, 0.25) is 0 Å². The molecule has 0 saturated heterocycles. The smallest absolute Gasteiger partial charge is 0.193 e. The predicted octanol–water partition coefficient (Wildman–Crippen LogP) is 2.86. The van der Waals surface area contributed by atoms with Gasteiger partial charge in [0.25, 0.3) is 0 Å². The summed E-state index contributed by atoms with van der Waals surface area (Å²) in [6.07, 6.45) is 5.60. The Balaban J connectivity index is 1.55. The van der Waals surface area contributed by atoms with Gasteiger partial charge in [-0.15, -0.1) is 0 Å². The highest BCUT2D eigenvalue weighted by atomic mass is 16.5. The highest BCUT2D eigenvalue weighted by Crippen LogP contribution is 2.48. The Labute approximate surface area is 120 Å². The summed E-state index contributed by atoms with van der Waals surface area (Å²) in [5.74, 6) is 3.93. The molecule has 3 N–H and O–H groups in total. The van der Waals surface area contributed by atoms with E-state index in [4.69, 9.17) is 10.5 Å². The first-order chi connectivity index (χ1) is 9.74. The highest BCUT2D eigenvalue weighted by molar-refractivity contribution is 5.92. The Morgan fingerprint density at radius 3 is 3.00 bits per heavy atom. The van der Waals surface area contributed by atoms with E-state index in [9.17, 15) is 0 Å². The Morgan fingerprint density at radius 2 is 2.30 bits per heavy atom. The van der Waals surface area contributed by atoms with Crippen molar-refractivity contribution in [2.24, 2.45) is 28.5 Å². The number of methoxy groups -OCH3 is 1. The second-order valence-electron chi connectivity index (χ2n) is 6.02. The monoisotopic (exact) mass is 273 g/mol. The fourth-order valence-corrected chi connectivity index (χ4v) is 3.70. The van der Waals surface area contributed by atoms with Crippen LogP contribution in [0, 0.1) is 17.8 Å². The van der Waals surface area contributed by atoms with E-state index in [1.54, 1.807) is 7.11 Å². The summed E-state index contributed by atoms with van der Waals surface area (Å²) < 4.78 is 5.19. The van der Waals surface area contributed by atoms with Gasteiger partial charge in [0.05, 0.1) is 7.11 Å². The van der Waals surface area contributed by atoms with E-state index in [0.717, 1.165) is 35.7 Å². The molecule has 0 aliphatic heterocycles. The van der Waals surface area contributed by atoms with Gasteiger partial charge in [0, 0.05) is 18.3 Å². The number of nitrogens with two attached hydrogens (primary N) is 1. The van der Waals surface area contributed by atoms with E-state index in [1.807, 2.05) is 24.3 Å². The number of ether oxygens (including phenoxy) is 1. The largest absolute Gasteiger partial charge is 0.497 e. The molecular formula is C16H23N3O. The van der Waals surface area contributed by atoms with Crippen molar-refractivity contribution in [1.82, 2.24) is 0 Å². The van der Waals surface area contributed by atoms with Gasteiger partial charge in [-0.05, 0) is 49.1 Å². The van der Waals surface area contributed by atoms with Crippen LogP contribution in [-0.2, 0) is 0 Å². The van der Waals surface area contributed by atoms with E-state index in [0.29, 0.717) is 5.96 Å². The molecule has 1 aromatic rings. The molecule has 2 fully saturated rings. The number of rotatable bonds is 4. The van der Waals surface area contributed by atoms with Crippen LogP contribution < -0.4 is 15.8 Å². The minimum absolute atomic E-state index is 0.501. The van der Waals surface area contributed by atoms with Crippen LogP contribution >= 0.6 is 0 Å². The summed E-state index contributed by atoms with van der Waals surface area (Å²) in [5.41, 5.74) is 6.89. The Morgan fingerprint density at radius 1 is 1.40 bits per heavy atom. The lowest BCUT2D eigenvalue weighted by Crippen LogP contribution is -2.24. The third kappa shape index (κ3) is 2.89. The molecule has 2 aliphatic rings. The van der Waals surface area contributed by atoms with Crippen molar-refractivity contribution in [3.05, 3.63) is 24.3 Å². The number of guanidine groups is 1. The zero-order chi connectivity index (χ0) is 13.9. The lowest BCUT2D eigenvalue weighted by atomic mass is 9.89. The summed E-state index contributed by atoms with van der Waals surface area (Å²) in [6, 6.07) is 7.72. The molecule has 4 heteroatoms. The summed E-state index contributed by atoms with van der Waals surface area (Å²) >= 11 is 0. The number of fused-ring (bicyclic) bond motifs is 2. The van der Waals surface area contributed by atoms with Gasteiger partial charge in [-0.3, -0.25) is 4.99 Å². The molecule has 0 amide bonds. The molecule has 108 valence electrons. The summed E-state index contributed by atoms with van der Waals surface area (Å²) in [5, 5.41) is 3.13. The fraction of sp³-hybridized carbons (Fsp3) is 0.562. The van der Waals surface area contributed by atoms with Gasteiger partial charge in [0.2, 0.25) is 0 Å². The summed E-state index contributed by atoms with van der Waals surface area (Å²) in [4.78, 5) is 4.52. The van der Waals surface area contributed by atoms with Crippen LogP contribution in [0.1, 0.15) is 25.7 Å². The van der Waals surface area contributed by atoms with Crippen molar-refractivity contribution in [1.29, 1.82) is 0 Å². The molecule has 2 saturated carbocycles. The first-order valence-electron chi connectivity index (χ1n) is 7.45. The third-order valence-corrected chi connectivity index (χ3v) is 4.72. The number of benzene rings is 1. The molecular weight excluding hydrogens is 250 g/mol. The quantitative estimate of drug-likeness (QED) is 0.655. The second-order valence-corrected chi connectivity index (χ2v) is 6.02. The molecule has 3 unspecified atom stereocenters. The Bertz CT molecular complexity index is 500. The van der Waals surface area contributed by atoms with Gasteiger partial charge >= 0.3 is 0 Å². The number of nitrogens with one attached hydrogen (secondary N) is 1. The third-order valence-electron chi connectivity index (χ3n) is 4.72. The minimum atomic E-state index is 0.501. The van der Waals surface area contributed by atoms with Crippen molar-refractivity contribution < 1.29 is 4.74 Å². The number of hydrogen-bond donors (Lipinski definition) is 2. The van der Waals surface area contributed by atoms with E-state index in [-0.39, 0.29) is 0 Å². The molecule has 4 nitrogen and oxygen atoms in total. The summed E-state index contributed by atoms with van der Waals surface area (Å²) in [7, 11) is 1.66. The van der Waals surface area contributed by atoms with E-state index in [2.05, 4.69) is 10.3 Å². The second kappa shape index (κ2) is 5.73. The van der Waals surface area contributed by atoms with Crippen molar-refractivity contribution in [3.63, 3.8) is 0 Å². The van der Waals surface area contributed by atoms with E-state index >= 15 is 0 Å².